The lowest BCUT2D eigenvalue weighted by atomic mass is 10.2. The zero-order valence-electron chi connectivity index (χ0n) is 14.4. The number of thioether (sulfide) groups is 2. The molecule has 0 spiro atoms. The molecule has 0 unspecified atom stereocenters. The van der Waals surface area contributed by atoms with Gasteiger partial charge >= 0.3 is 0 Å². The molecule has 0 N–H and O–H groups in total. The summed E-state index contributed by atoms with van der Waals surface area (Å²) in [6.07, 6.45) is 4.80. The van der Waals surface area contributed by atoms with Crippen molar-refractivity contribution in [1.82, 2.24) is 9.97 Å². The predicted octanol–water partition coefficient (Wildman–Crippen LogP) is 6.41. The monoisotopic (exact) mass is 384 g/mol. The second-order valence-electron chi connectivity index (χ2n) is 6.01. The van der Waals surface area contributed by atoms with Gasteiger partial charge in [0.15, 0.2) is 11.2 Å². The van der Waals surface area contributed by atoms with E-state index in [1.54, 1.807) is 23.5 Å². The molecule has 0 saturated carbocycles. The van der Waals surface area contributed by atoms with Crippen LogP contribution in [0.1, 0.15) is 25.7 Å². The molecule has 0 aliphatic heterocycles. The van der Waals surface area contributed by atoms with E-state index in [1.807, 2.05) is 48.5 Å². The van der Waals surface area contributed by atoms with E-state index < -0.39 is 0 Å². The van der Waals surface area contributed by atoms with Crippen LogP contribution in [0, 0.1) is 0 Å². The molecule has 0 bridgehead atoms. The van der Waals surface area contributed by atoms with E-state index in [1.165, 1.54) is 25.7 Å². The van der Waals surface area contributed by atoms with Crippen LogP contribution in [-0.2, 0) is 0 Å². The molecule has 4 aromatic rings. The van der Waals surface area contributed by atoms with Gasteiger partial charge in [-0.25, -0.2) is 9.97 Å². The third-order valence-electron chi connectivity index (χ3n) is 4.04. The topological polar surface area (TPSA) is 52.1 Å². The number of hydrogen-bond donors (Lipinski definition) is 0. The van der Waals surface area contributed by atoms with Gasteiger partial charge in [0.1, 0.15) is 11.0 Å². The first-order valence-electron chi connectivity index (χ1n) is 8.85. The van der Waals surface area contributed by atoms with Gasteiger partial charge in [0.25, 0.3) is 10.4 Å². The maximum absolute atomic E-state index is 5.72. The Bertz CT molecular complexity index is 834. The van der Waals surface area contributed by atoms with Crippen molar-refractivity contribution >= 4 is 45.7 Å². The minimum atomic E-state index is 0.776. The maximum Gasteiger partial charge on any atom is 0.256 e. The first kappa shape index (κ1) is 17.5. The Morgan fingerprint density at radius 2 is 1.08 bits per heavy atom. The fourth-order valence-corrected chi connectivity index (χ4v) is 4.37. The van der Waals surface area contributed by atoms with Crippen LogP contribution in [-0.4, -0.2) is 21.5 Å². The van der Waals surface area contributed by atoms with Gasteiger partial charge < -0.3 is 8.83 Å². The van der Waals surface area contributed by atoms with E-state index in [0.717, 1.165) is 44.2 Å². The summed E-state index contributed by atoms with van der Waals surface area (Å²) in [7, 11) is 0. The lowest BCUT2D eigenvalue weighted by Gasteiger charge is -1.99. The molecular formula is C20H20N2O2S2. The molecule has 0 amide bonds. The molecule has 0 fully saturated rings. The van der Waals surface area contributed by atoms with Crippen molar-refractivity contribution in [1.29, 1.82) is 0 Å². The van der Waals surface area contributed by atoms with Gasteiger partial charge in [-0.2, -0.15) is 0 Å². The van der Waals surface area contributed by atoms with E-state index in [2.05, 4.69) is 9.97 Å². The Hall–Kier alpha value is -1.92. The van der Waals surface area contributed by atoms with Crippen molar-refractivity contribution in [2.24, 2.45) is 0 Å². The average Bonchev–Trinajstić information content (AvgIpc) is 3.26. The molecule has 4 rings (SSSR count). The molecule has 0 aliphatic rings. The molecule has 0 radical (unpaired) electrons. The van der Waals surface area contributed by atoms with E-state index in [4.69, 9.17) is 8.83 Å². The second kappa shape index (κ2) is 8.64. The van der Waals surface area contributed by atoms with Gasteiger partial charge in [0.05, 0.1) is 0 Å². The molecule has 0 aliphatic carbocycles. The highest BCUT2D eigenvalue weighted by Gasteiger charge is 2.06. The highest BCUT2D eigenvalue weighted by Crippen LogP contribution is 2.25. The smallest absolute Gasteiger partial charge is 0.256 e. The van der Waals surface area contributed by atoms with E-state index in [-0.39, 0.29) is 0 Å². The highest BCUT2D eigenvalue weighted by atomic mass is 32.2. The van der Waals surface area contributed by atoms with Crippen molar-refractivity contribution < 1.29 is 8.83 Å². The fourth-order valence-electron chi connectivity index (χ4n) is 2.70. The standard InChI is InChI=1S/C20H20N2O2S2/c1(7-13-25-19-21-15-9-3-5-11-17(15)23-19)2-8-14-26-20-22-16-10-4-6-12-18(16)24-20/h3-6,9-12H,1-2,7-8,13-14H2. The Labute approximate surface area is 160 Å². The second-order valence-corrected chi connectivity index (χ2v) is 8.10. The van der Waals surface area contributed by atoms with Gasteiger partial charge in [-0.05, 0) is 37.1 Å². The van der Waals surface area contributed by atoms with Gasteiger partial charge in [0.2, 0.25) is 0 Å². The van der Waals surface area contributed by atoms with Crippen molar-refractivity contribution in [3.8, 4) is 0 Å². The lowest BCUT2D eigenvalue weighted by Crippen LogP contribution is -1.85. The molecule has 134 valence electrons. The molecule has 4 nitrogen and oxygen atoms in total. The Balaban J connectivity index is 1.10. The number of fused-ring (bicyclic) bond motifs is 2. The van der Waals surface area contributed by atoms with Crippen LogP contribution < -0.4 is 0 Å². The third kappa shape index (κ3) is 4.43. The van der Waals surface area contributed by atoms with Crippen molar-refractivity contribution in [2.75, 3.05) is 11.5 Å². The number of unbranched alkanes of at least 4 members (excludes halogenated alkanes) is 3. The molecule has 2 aromatic carbocycles. The van der Waals surface area contributed by atoms with Crippen LogP contribution in [0.3, 0.4) is 0 Å². The normalized spacial score (nSPS) is 11.5. The van der Waals surface area contributed by atoms with Crippen LogP contribution in [0.2, 0.25) is 0 Å². The van der Waals surface area contributed by atoms with Crippen molar-refractivity contribution in [2.45, 2.75) is 36.1 Å². The first-order valence-corrected chi connectivity index (χ1v) is 10.8. The lowest BCUT2D eigenvalue weighted by molar-refractivity contribution is 0.488. The van der Waals surface area contributed by atoms with Crippen molar-refractivity contribution in [3.63, 3.8) is 0 Å². The van der Waals surface area contributed by atoms with Crippen LogP contribution >= 0.6 is 23.5 Å². The Morgan fingerprint density at radius 3 is 1.54 bits per heavy atom. The minimum absolute atomic E-state index is 0.776. The van der Waals surface area contributed by atoms with Crippen LogP contribution in [0.4, 0.5) is 0 Å². The SMILES string of the molecule is c1ccc2oc(SCCCCCCSc3nc4ccccc4o3)nc2c1. The molecule has 26 heavy (non-hydrogen) atoms. The van der Waals surface area contributed by atoms with Gasteiger partial charge in [0, 0.05) is 11.5 Å². The number of para-hydroxylation sites is 4. The molecule has 0 atom stereocenters. The average molecular weight is 385 g/mol. The summed E-state index contributed by atoms with van der Waals surface area (Å²) in [5.41, 5.74) is 3.61. The molecular weight excluding hydrogens is 364 g/mol. The zero-order valence-corrected chi connectivity index (χ0v) is 16.0. The number of hydrogen-bond acceptors (Lipinski definition) is 6. The van der Waals surface area contributed by atoms with Crippen LogP contribution in [0.25, 0.3) is 22.2 Å². The number of rotatable bonds is 9. The summed E-state index contributed by atoms with van der Waals surface area (Å²) in [6.45, 7) is 0. The summed E-state index contributed by atoms with van der Waals surface area (Å²) in [5, 5.41) is 1.55. The molecule has 2 aromatic heterocycles. The first-order chi connectivity index (χ1) is 12.9. The summed E-state index contributed by atoms with van der Waals surface area (Å²) in [5.74, 6) is 2.09. The van der Waals surface area contributed by atoms with Crippen LogP contribution in [0.15, 0.2) is 67.8 Å². The van der Waals surface area contributed by atoms with E-state index in [9.17, 15) is 0 Å². The molecule has 0 saturated heterocycles. The minimum Gasteiger partial charge on any atom is -0.431 e. The Morgan fingerprint density at radius 1 is 0.615 bits per heavy atom. The van der Waals surface area contributed by atoms with Gasteiger partial charge in [-0.3, -0.25) is 0 Å². The summed E-state index contributed by atoms with van der Waals surface area (Å²) in [6, 6.07) is 15.8. The van der Waals surface area contributed by atoms with Crippen LogP contribution in [0.5, 0.6) is 0 Å². The Kier molecular flexibility index (Phi) is 5.82. The summed E-state index contributed by atoms with van der Waals surface area (Å²) < 4.78 is 11.4. The predicted molar refractivity (Wildman–Crippen MR) is 108 cm³/mol. The van der Waals surface area contributed by atoms with Crippen molar-refractivity contribution in [3.05, 3.63) is 48.5 Å². The summed E-state index contributed by atoms with van der Waals surface area (Å²) in [4.78, 5) is 8.97. The summed E-state index contributed by atoms with van der Waals surface area (Å²) >= 11 is 3.40. The number of oxazole rings is 2. The quantitative estimate of drug-likeness (QED) is 0.245. The largest absolute Gasteiger partial charge is 0.431 e. The third-order valence-corrected chi connectivity index (χ3v) is 5.87. The van der Waals surface area contributed by atoms with Gasteiger partial charge in [-0.1, -0.05) is 60.6 Å². The fraction of sp³-hybridized carbons (Fsp3) is 0.300. The van der Waals surface area contributed by atoms with E-state index in [0.29, 0.717) is 0 Å². The number of benzene rings is 2. The molecule has 2 heterocycles. The maximum atomic E-state index is 5.72. The highest BCUT2D eigenvalue weighted by molar-refractivity contribution is 7.99. The number of nitrogens with zero attached hydrogens (tertiary/aromatic N) is 2. The zero-order chi connectivity index (χ0) is 17.6. The number of aromatic nitrogens is 2. The van der Waals surface area contributed by atoms with E-state index >= 15 is 0 Å². The molecule has 6 heteroatoms. The van der Waals surface area contributed by atoms with Gasteiger partial charge in [-0.15, -0.1) is 0 Å².